The molecule has 5 heteroatoms. The highest BCUT2D eigenvalue weighted by atomic mass is 19.1. The van der Waals surface area contributed by atoms with E-state index in [4.69, 9.17) is 9.47 Å². The summed E-state index contributed by atoms with van der Waals surface area (Å²) >= 11 is 0. The maximum atomic E-state index is 13.4. The van der Waals surface area contributed by atoms with Gasteiger partial charge in [0.1, 0.15) is 18.2 Å². The van der Waals surface area contributed by atoms with Crippen LogP contribution in [0.1, 0.15) is 50.7 Å². The average molecular weight is 439 g/mol. The Morgan fingerprint density at radius 2 is 1.78 bits per heavy atom. The smallest absolute Gasteiger partial charge is 0.182 e. The van der Waals surface area contributed by atoms with Crippen LogP contribution in [0, 0.1) is 5.82 Å². The molecule has 0 aliphatic carbocycles. The Labute approximate surface area is 191 Å². The maximum absolute atomic E-state index is 13.4. The molecule has 4 rings (SSSR count). The first-order valence-electron chi connectivity index (χ1n) is 11.8. The summed E-state index contributed by atoms with van der Waals surface area (Å²) in [5, 5.41) is 0. The Kier molecular flexibility index (Phi) is 7.36. The lowest BCUT2D eigenvalue weighted by Crippen LogP contribution is -2.47. The number of halogens is 1. The van der Waals surface area contributed by atoms with E-state index in [1.165, 1.54) is 31.5 Å². The summed E-state index contributed by atoms with van der Waals surface area (Å²) in [4.78, 5) is 4.91. The fourth-order valence-corrected chi connectivity index (χ4v) is 4.88. The summed E-state index contributed by atoms with van der Waals surface area (Å²) in [7, 11) is 0. The summed E-state index contributed by atoms with van der Waals surface area (Å²) in [5.74, 6) is 1.34. The van der Waals surface area contributed by atoms with E-state index in [2.05, 4.69) is 16.4 Å². The molecule has 2 aromatic rings. The molecule has 2 heterocycles. The molecule has 2 aliphatic heterocycles. The van der Waals surface area contributed by atoms with Crippen LogP contribution in [0.15, 0.2) is 61.0 Å². The van der Waals surface area contributed by atoms with E-state index in [0.717, 1.165) is 36.3 Å². The third kappa shape index (κ3) is 5.83. The van der Waals surface area contributed by atoms with Crippen molar-refractivity contribution >= 4 is 0 Å². The Bertz CT molecular complexity index is 882. The molecule has 0 aromatic heterocycles. The summed E-state index contributed by atoms with van der Waals surface area (Å²) in [5.41, 5.74) is 2.15. The van der Waals surface area contributed by atoms with Crippen LogP contribution in [-0.4, -0.2) is 41.1 Å². The molecule has 0 radical (unpaired) electrons. The lowest BCUT2D eigenvalue weighted by molar-refractivity contribution is 0.0361. The molecule has 2 fully saturated rings. The van der Waals surface area contributed by atoms with Gasteiger partial charge in [-0.25, -0.2) is 4.39 Å². The zero-order valence-corrected chi connectivity index (χ0v) is 19.3. The minimum Gasteiger partial charge on any atom is -0.491 e. The van der Waals surface area contributed by atoms with Gasteiger partial charge in [-0.05, 0) is 88.0 Å². The minimum absolute atomic E-state index is 0.156. The van der Waals surface area contributed by atoms with Crippen molar-refractivity contribution in [3.63, 3.8) is 0 Å². The van der Waals surface area contributed by atoms with E-state index in [1.54, 1.807) is 0 Å². The van der Waals surface area contributed by atoms with Crippen molar-refractivity contribution in [3.8, 4) is 5.75 Å². The number of rotatable bonds is 9. The van der Waals surface area contributed by atoms with Gasteiger partial charge in [0.05, 0.1) is 6.10 Å². The number of benzene rings is 2. The van der Waals surface area contributed by atoms with Crippen molar-refractivity contribution in [3.05, 3.63) is 77.9 Å². The number of ether oxygens (including phenoxy) is 2. The van der Waals surface area contributed by atoms with Gasteiger partial charge in [-0.15, -0.1) is 0 Å². The second kappa shape index (κ2) is 10.4. The van der Waals surface area contributed by atoms with Crippen LogP contribution < -0.4 is 4.74 Å². The molecule has 0 N–H and O–H groups in total. The average Bonchev–Trinajstić information content (AvgIpc) is 3.25. The molecule has 1 unspecified atom stereocenters. The van der Waals surface area contributed by atoms with E-state index in [9.17, 15) is 4.39 Å². The first kappa shape index (κ1) is 22.7. The number of fused-ring (bicyclic) bond motifs is 1. The van der Waals surface area contributed by atoms with Crippen LogP contribution >= 0.6 is 0 Å². The second-order valence-electron chi connectivity index (χ2n) is 9.26. The van der Waals surface area contributed by atoms with Gasteiger partial charge in [0.2, 0.25) is 0 Å². The van der Waals surface area contributed by atoms with Crippen LogP contribution in [-0.2, 0) is 17.9 Å². The highest BCUT2D eigenvalue weighted by molar-refractivity contribution is 5.27. The molecule has 2 saturated heterocycles. The first-order chi connectivity index (χ1) is 15.5. The Morgan fingerprint density at radius 3 is 2.50 bits per heavy atom. The van der Waals surface area contributed by atoms with Gasteiger partial charge in [-0.3, -0.25) is 0 Å². The topological polar surface area (TPSA) is 24.9 Å². The van der Waals surface area contributed by atoms with E-state index < -0.39 is 0 Å². The molecular formula is C27H35FN2O2. The molecule has 2 aliphatic rings. The van der Waals surface area contributed by atoms with Gasteiger partial charge >= 0.3 is 0 Å². The monoisotopic (exact) mass is 438 g/mol. The lowest BCUT2D eigenvalue weighted by atomic mass is 9.96. The first-order valence-corrected chi connectivity index (χ1v) is 11.8. The van der Waals surface area contributed by atoms with Crippen molar-refractivity contribution in [1.82, 2.24) is 9.80 Å². The zero-order valence-electron chi connectivity index (χ0n) is 19.3. The lowest BCUT2D eigenvalue weighted by Gasteiger charge is -2.42. The SMILES string of the molecule is C=C(OCc1ccc(OC(C)C)cc1)N(Cc1ccc(F)cc1)[C@H]1CCN2CCCC2C1. The van der Waals surface area contributed by atoms with Crippen molar-refractivity contribution in [2.45, 2.75) is 70.9 Å². The van der Waals surface area contributed by atoms with Crippen LogP contribution in [0.4, 0.5) is 4.39 Å². The summed E-state index contributed by atoms with van der Waals surface area (Å²) in [6.07, 6.45) is 4.96. The molecule has 0 bridgehead atoms. The Balaban J connectivity index is 1.42. The van der Waals surface area contributed by atoms with Gasteiger partial charge in [0.25, 0.3) is 0 Å². The highest BCUT2D eigenvalue weighted by Crippen LogP contribution is 2.32. The largest absolute Gasteiger partial charge is 0.491 e. The number of piperidine rings is 1. The Morgan fingerprint density at radius 1 is 1.06 bits per heavy atom. The third-order valence-electron chi connectivity index (χ3n) is 6.52. The third-order valence-corrected chi connectivity index (χ3v) is 6.52. The molecule has 172 valence electrons. The molecular weight excluding hydrogens is 403 g/mol. The molecule has 32 heavy (non-hydrogen) atoms. The standard InChI is InChI=1S/C27H35FN2O2/c1-20(2)32-27-12-8-23(9-13-27)19-31-21(3)30(18-22-6-10-24(28)11-7-22)26-14-16-29-15-4-5-25(29)17-26/h6-13,20,25-26H,3-5,14-19H2,1-2H3/t25?,26-/m0/s1. The van der Waals surface area contributed by atoms with Crippen LogP contribution in [0.3, 0.4) is 0 Å². The van der Waals surface area contributed by atoms with Gasteiger partial charge in [-0.1, -0.05) is 24.3 Å². The predicted octanol–water partition coefficient (Wildman–Crippen LogP) is 5.73. The van der Waals surface area contributed by atoms with Crippen LogP contribution in [0.2, 0.25) is 0 Å². The fourth-order valence-electron chi connectivity index (χ4n) is 4.88. The van der Waals surface area contributed by atoms with Crippen molar-refractivity contribution in [2.24, 2.45) is 0 Å². The fraction of sp³-hybridized carbons (Fsp3) is 0.481. The van der Waals surface area contributed by atoms with E-state index in [-0.39, 0.29) is 11.9 Å². The van der Waals surface area contributed by atoms with Crippen LogP contribution in [0.25, 0.3) is 0 Å². The molecule has 0 amide bonds. The molecule has 0 saturated carbocycles. The van der Waals surface area contributed by atoms with Crippen molar-refractivity contribution in [1.29, 1.82) is 0 Å². The second-order valence-corrected chi connectivity index (χ2v) is 9.26. The van der Waals surface area contributed by atoms with E-state index >= 15 is 0 Å². The Hall–Kier alpha value is -2.53. The summed E-state index contributed by atoms with van der Waals surface area (Å²) in [6.45, 7) is 11.8. The quantitative estimate of drug-likeness (QED) is 0.467. The summed E-state index contributed by atoms with van der Waals surface area (Å²) < 4.78 is 25.3. The van der Waals surface area contributed by atoms with Gasteiger partial charge in [0, 0.05) is 25.2 Å². The highest BCUT2D eigenvalue weighted by Gasteiger charge is 2.35. The number of hydrogen-bond acceptors (Lipinski definition) is 4. The van der Waals surface area contributed by atoms with Crippen molar-refractivity contribution < 1.29 is 13.9 Å². The van der Waals surface area contributed by atoms with Gasteiger partial charge in [-0.2, -0.15) is 0 Å². The van der Waals surface area contributed by atoms with E-state index in [0.29, 0.717) is 31.1 Å². The summed E-state index contributed by atoms with van der Waals surface area (Å²) in [6, 6.07) is 15.8. The van der Waals surface area contributed by atoms with Gasteiger partial charge in [0.15, 0.2) is 5.88 Å². The predicted molar refractivity (Wildman–Crippen MR) is 126 cm³/mol. The molecule has 0 spiro atoms. The molecule has 4 nitrogen and oxygen atoms in total. The minimum atomic E-state index is -0.209. The molecule has 2 atom stereocenters. The number of nitrogens with zero attached hydrogens (tertiary/aromatic N) is 2. The van der Waals surface area contributed by atoms with Crippen molar-refractivity contribution in [2.75, 3.05) is 13.1 Å². The van der Waals surface area contributed by atoms with Gasteiger partial charge < -0.3 is 19.3 Å². The van der Waals surface area contributed by atoms with E-state index in [1.807, 2.05) is 50.2 Å². The zero-order chi connectivity index (χ0) is 22.5. The maximum Gasteiger partial charge on any atom is 0.182 e. The normalized spacial score (nSPS) is 20.8. The number of hydrogen-bond donors (Lipinski definition) is 0. The van der Waals surface area contributed by atoms with Crippen LogP contribution in [0.5, 0.6) is 5.75 Å². The molecule has 2 aromatic carbocycles.